The SMILES string of the molecule is COC(=O)[C@@](NC(=O)c1ccccc1F)(Nc1cccc(C)[nH+]1)C(F)(F)F. The van der Waals surface area contributed by atoms with E-state index in [0.717, 1.165) is 19.2 Å². The van der Waals surface area contributed by atoms with Gasteiger partial charge in [0.1, 0.15) is 5.82 Å². The standard InChI is InChI=1S/C17H15F4N3O3/c1-10-6-5-9-13(22-10)23-16(15(26)27-2,17(19,20)21)24-14(25)11-7-3-4-8-12(11)18/h3-9H,1-2H3,(H,22,23)(H,24,25)/p+1/t16-/m0/s1. The van der Waals surface area contributed by atoms with Gasteiger partial charge in [0.2, 0.25) is 0 Å². The summed E-state index contributed by atoms with van der Waals surface area (Å²) in [6.45, 7) is 1.58. The molecule has 2 rings (SSSR count). The second-order valence-electron chi connectivity index (χ2n) is 5.55. The van der Waals surface area contributed by atoms with E-state index in [2.05, 4.69) is 9.72 Å². The fourth-order valence-corrected chi connectivity index (χ4v) is 2.29. The molecule has 1 amide bonds. The van der Waals surface area contributed by atoms with E-state index in [1.807, 2.05) is 5.32 Å². The average Bonchev–Trinajstić information content (AvgIpc) is 2.59. The third kappa shape index (κ3) is 4.15. The quantitative estimate of drug-likeness (QED) is 0.469. The van der Waals surface area contributed by atoms with Crippen LogP contribution in [0.3, 0.4) is 0 Å². The van der Waals surface area contributed by atoms with Crippen LogP contribution in [0.2, 0.25) is 0 Å². The maximum Gasteiger partial charge on any atom is 0.464 e. The number of nitrogens with one attached hydrogen (secondary N) is 3. The lowest BCUT2D eigenvalue weighted by molar-refractivity contribution is -0.372. The smallest absolute Gasteiger partial charge is 0.464 e. The van der Waals surface area contributed by atoms with Crippen LogP contribution in [0.1, 0.15) is 16.1 Å². The minimum absolute atomic E-state index is 0.216. The third-order valence-electron chi connectivity index (χ3n) is 3.60. The summed E-state index contributed by atoms with van der Waals surface area (Å²) < 4.78 is 59.7. The van der Waals surface area contributed by atoms with Crippen molar-refractivity contribution < 1.29 is 36.9 Å². The number of amides is 1. The highest BCUT2D eigenvalue weighted by Gasteiger charge is 2.67. The summed E-state index contributed by atoms with van der Waals surface area (Å²) in [6, 6.07) is 8.68. The van der Waals surface area contributed by atoms with Crippen LogP contribution in [0.4, 0.5) is 23.4 Å². The van der Waals surface area contributed by atoms with Crippen LogP contribution in [-0.4, -0.2) is 30.8 Å². The summed E-state index contributed by atoms with van der Waals surface area (Å²) in [7, 11) is 0.736. The summed E-state index contributed by atoms with van der Waals surface area (Å²) in [4.78, 5) is 27.0. The molecule has 0 spiro atoms. The van der Waals surface area contributed by atoms with Crippen molar-refractivity contribution in [3.63, 3.8) is 0 Å². The first-order valence-electron chi connectivity index (χ1n) is 7.60. The van der Waals surface area contributed by atoms with Crippen molar-refractivity contribution in [3.05, 3.63) is 59.5 Å². The molecule has 10 heteroatoms. The highest BCUT2D eigenvalue weighted by atomic mass is 19.4. The van der Waals surface area contributed by atoms with Crippen molar-refractivity contribution in [1.29, 1.82) is 0 Å². The molecule has 1 atom stereocenters. The Bertz CT molecular complexity index is 857. The molecular formula is C17H16F4N3O3+. The zero-order valence-corrected chi connectivity index (χ0v) is 14.3. The predicted molar refractivity (Wildman–Crippen MR) is 86.0 cm³/mol. The minimum Gasteiger partial charge on any atom is -0.464 e. The Morgan fingerprint density at radius 3 is 2.30 bits per heavy atom. The summed E-state index contributed by atoms with van der Waals surface area (Å²) in [5, 5.41) is 3.47. The number of alkyl halides is 3. The number of carbonyl (C=O) groups excluding carboxylic acids is 2. The molecular weight excluding hydrogens is 370 g/mol. The van der Waals surface area contributed by atoms with Crippen molar-refractivity contribution >= 4 is 17.7 Å². The third-order valence-corrected chi connectivity index (χ3v) is 3.60. The number of halogens is 4. The molecule has 1 aromatic carbocycles. The van der Waals surface area contributed by atoms with E-state index < -0.39 is 35.1 Å². The number of hydrogen-bond donors (Lipinski definition) is 2. The first kappa shape index (κ1) is 20.1. The van der Waals surface area contributed by atoms with Gasteiger partial charge in [-0.15, -0.1) is 0 Å². The highest BCUT2D eigenvalue weighted by Crippen LogP contribution is 2.32. The summed E-state index contributed by atoms with van der Waals surface area (Å²) in [5.74, 6) is -4.53. The predicted octanol–water partition coefficient (Wildman–Crippen LogP) is 2.22. The van der Waals surface area contributed by atoms with Crippen molar-refractivity contribution in [3.8, 4) is 0 Å². The number of ether oxygens (including phenoxy) is 1. The van der Waals surface area contributed by atoms with Crippen LogP contribution in [0.5, 0.6) is 0 Å². The maximum atomic E-state index is 13.9. The van der Waals surface area contributed by atoms with E-state index in [0.29, 0.717) is 5.69 Å². The number of aryl methyl sites for hydroxylation is 1. The van der Waals surface area contributed by atoms with Gasteiger partial charge in [-0.3, -0.25) is 10.1 Å². The van der Waals surface area contributed by atoms with Crippen molar-refractivity contribution in [2.75, 3.05) is 12.4 Å². The van der Waals surface area contributed by atoms with Gasteiger partial charge in [0.05, 0.1) is 18.4 Å². The number of pyridine rings is 1. The molecule has 0 saturated carbocycles. The molecule has 27 heavy (non-hydrogen) atoms. The molecule has 0 aliphatic heterocycles. The van der Waals surface area contributed by atoms with Gasteiger partial charge < -0.3 is 4.74 Å². The summed E-state index contributed by atoms with van der Waals surface area (Å²) in [5.41, 5.74) is -3.82. The van der Waals surface area contributed by atoms with Crippen LogP contribution in [-0.2, 0) is 9.53 Å². The Labute approximate surface area is 151 Å². The summed E-state index contributed by atoms with van der Waals surface area (Å²) in [6.07, 6.45) is -5.32. The van der Waals surface area contributed by atoms with Crippen molar-refractivity contribution in [2.24, 2.45) is 0 Å². The largest absolute Gasteiger partial charge is 0.464 e. The zero-order valence-electron chi connectivity index (χ0n) is 14.3. The number of benzene rings is 1. The molecule has 1 heterocycles. The van der Waals surface area contributed by atoms with Gasteiger partial charge in [-0.25, -0.2) is 19.5 Å². The van der Waals surface area contributed by atoms with Gasteiger partial charge in [-0.05, 0) is 25.1 Å². The molecule has 144 valence electrons. The number of carbonyl (C=O) groups is 2. The normalized spacial score (nSPS) is 13.4. The second-order valence-corrected chi connectivity index (χ2v) is 5.55. The number of methoxy groups -OCH3 is 1. The molecule has 0 bridgehead atoms. The first-order valence-corrected chi connectivity index (χ1v) is 7.60. The van der Waals surface area contributed by atoms with E-state index in [4.69, 9.17) is 0 Å². The van der Waals surface area contributed by atoms with Gasteiger partial charge in [0.25, 0.3) is 11.7 Å². The molecule has 0 saturated heterocycles. The molecule has 3 N–H and O–H groups in total. The minimum atomic E-state index is -5.32. The Balaban J connectivity index is 2.52. The lowest BCUT2D eigenvalue weighted by Crippen LogP contribution is -2.69. The topological polar surface area (TPSA) is 81.6 Å². The Hall–Kier alpha value is -3.17. The number of anilines is 1. The molecule has 0 aliphatic rings. The lowest BCUT2D eigenvalue weighted by atomic mass is 10.1. The fraction of sp³-hybridized carbons (Fsp3) is 0.235. The van der Waals surface area contributed by atoms with Gasteiger partial charge in [0, 0.05) is 6.07 Å². The molecule has 2 aromatic rings. The molecule has 1 aromatic heterocycles. The lowest BCUT2D eigenvalue weighted by Gasteiger charge is -2.30. The molecule has 0 unspecified atom stereocenters. The van der Waals surface area contributed by atoms with Gasteiger partial charge in [-0.1, -0.05) is 18.2 Å². The van der Waals surface area contributed by atoms with Gasteiger partial charge in [0.15, 0.2) is 0 Å². The van der Waals surface area contributed by atoms with Gasteiger partial charge in [-0.2, -0.15) is 13.2 Å². The number of hydrogen-bond acceptors (Lipinski definition) is 4. The number of H-pyrrole nitrogens is 1. The van der Waals surface area contributed by atoms with Crippen molar-refractivity contribution in [2.45, 2.75) is 18.8 Å². The van der Waals surface area contributed by atoms with E-state index in [-0.39, 0.29) is 5.82 Å². The highest BCUT2D eigenvalue weighted by molar-refractivity contribution is 5.99. The van der Waals surface area contributed by atoms with E-state index >= 15 is 0 Å². The molecule has 6 nitrogen and oxygen atoms in total. The molecule has 0 aliphatic carbocycles. The van der Waals surface area contributed by atoms with Crippen molar-refractivity contribution in [1.82, 2.24) is 5.32 Å². The fourth-order valence-electron chi connectivity index (χ4n) is 2.29. The number of rotatable bonds is 5. The molecule has 0 fully saturated rings. The average molecular weight is 386 g/mol. The van der Waals surface area contributed by atoms with Crippen LogP contribution in [0.25, 0.3) is 0 Å². The van der Waals surface area contributed by atoms with E-state index in [1.165, 1.54) is 29.6 Å². The van der Waals surface area contributed by atoms with Gasteiger partial charge >= 0.3 is 17.8 Å². The second kappa shape index (κ2) is 7.60. The van der Waals surface area contributed by atoms with Crippen LogP contribution < -0.4 is 15.6 Å². The number of aromatic nitrogens is 1. The Kier molecular flexibility index (Phi) is 5.67. The first-order chi connectivity index (χ1) is 12.6. The number of esters is 1. The monoisotopic (exact) mass is 386 g/mol. The molecule has 0 radical (unpaired) electrons. The van der Waals surface area contributed by atoms with Crippen LogP contribution >= 0.6 is 0 Å². The Morgan fingerprint density at radius 1 is 1.07 bits per heavy atom. The van der Waals surface area contributed by atoms with Crippen LogP contribution in [0, 0.1) is 12.7 Å². The number of aromatic amines is 1. The van der Waals surface area contributed by atoms with Crippen LogP contribution in [0.15, 0.2) is 42.5 Å². The zero-order chi connectivity index (χ0) is 20.2. The summed E-state index contributed by atoms with van der Waals surface area (Å²) >= 11 is 0. The maximum absolute atomic E-state index is 13.9. The Morgan fingerprint density at radius 2 is 1.74 bits per heavy atom. The van der Waals surface area contributed by atoms with E-state index in [1.54, 1.807) is 13.0 Å². The van der Waals surface area contributed by atoms with E-state index in [9.17, 15) is 27.2 Å².